The lowest BCUT2D eigenvalue weighted by atomic mass is 10.1. The highest BCUT2D eigenvalue weighted by atomic mass is 35.5. The highest BCUT2D eigenvalue weighted by molar-refractivity contribution is 6.09. The molecule has 3 rings (SSSR count). The molecule has 3 nitrogen and oxygen atoms in total. The van der Waals surface area contributed by atoms with Gasteiger partial charge in [0.15, 0.2) is 0 Å². The summed E-state index contributed by atoms with van der Waals surface area (Å²) in [5, 5.41) is 5.52. The largest absolute Gasteiger partial charge is 0.399 e. The Morgan fingerprint density at radius 3 is 2.22 bits per heavy atom. The van der Waals surface area contributed by atoms with Crippen LogP contribution in [-0.2, 0) is 0 Å². The minimum Gasteiger partial charge on any atom is -0.399 e. The van der Waals surface area contributed by atoms with Gasteiger partial charge in [0, 0.05) is 40.2 Å². The zero-order valence-corrected chi connectivity index (χ0v) is 11.5. The molecule has 3 aromatic rings. The Labute approximate surface area is 118 Å². The van der Waals surface area contributed by atoms with Crippen LogP contribution in [0.15, 0.2) is 36.4 Å². The van der Waals surface area contributed by atoms with E-state index in [1.165, 1.54) is 10.8 Å². The van der Waals surface area contributed by atoms with E-state index in [0.717, 1.165) is 22.4 Å². The lowest BCUT2D eigenvalue weighted by Crippen LogP contribution is -1.86. The van der Waals surface area contributed by atoms with E-state index in [9.17, 15) is 0 Å². The van der Waals surface area contributed by atoms with Crippen molar-refractivity contribution >= 4 is 58.0 Å². The zero-order chi connectivity index (χ0) is 11.1. The van der Waals surface area contributed by atoms with E-state index in [1.54, 1.807) is 0 Å². The number of nitrogens with two attached hydrogens (primary N) is 1. The fourth-order valence-electron chi connectivity index (χ4n) is 2.07. The third kappa shape index (κ3) is 2.19. The van der Waals surface area contributed by atoms with Gasteiger partial charge in [-0.05, 0) is 36.4 Å². The normalized spacial score (nSPS) is 9.83. The summed E-state index contributed by atoms with van der Waals surface area (Å²) in [5.41, 5.74) is 9.98. The standard InChI is InChI=1S/C13H13N3.2ClH/c1-15-9-3-5-13-11(7-9)10-6-8(14)2-4-12(10)16-13;;/h2-7,15-16H,14H2,1H3;2*1H. The first-order valence-electron chi connectivity index (χ1n) is 5.26. The second-order valence-corrected chi connectivity index (χ2v) is 3.94. The first-order chi connectivity index (χ1) is 7.78. The molecule has 2 aromatic carbocycles. The van der Waals surface area contributed by atoms with Gasteiger partial charge < -0.3 is 16.0 Å². The van der Waals surface area contributed by atoms with Gasteiger partial charge in [-0.2, -0.15) is 0 Å². The molecule has 0 atom stereocenters. The van der Waals surface area contributed by atoms with Crippen molar-refractivity contribution in [3.05, 3.63) is 36.4 Å². The molecule has 0 unspecified atom stereocenters. The lowest BCUT2D eigenvalue weighted by molar-refractivity contribution is 1.51. The van der Waals surface area contributed by atoms with E-state index in [1.807, 2.05) is 25.2 Å². The summed E-state index contributed by atoms with van der Waals surface area (Å²) >= 11 is 0. The van der Waals surface area contributed by atoms with Crippen molar-refractivity contribution in [2.75, 3.05) is 18.1 Å². The fourth-order valence-corrected chi connectivity index (χ4v) is 2.07. The molecule has 0 saturated heterocycles. The number of benzene rings is 2. The summed E-state index contributed by atoms with van der Waals surface area (Å²) in [6.07, 6.45) is 0. The summed E-state index contributed by atoms with van der Waals surface area (Å²) in [6.45, 7) is 0. The van der Waals surface area contributed by atoms with Crippen LogP contribution in [-0.4, -0.2) is 12.0 Å². The van der Waals surface area contributed by atoms with Crippen LogP contribution in [0.1, 0.15) is 0 Å². The van der Waals surface area contributed by atoms with Crippen LogP contribution in [0.25, 0.3) is 21.8 Å². The monoisotopic (exact) mass is 283 g/mol. The molecule has 0 saturated carbocycles. The number of nitrogens with one attached hydrogen (secondary N) is 2. The highest BCUT2D eigenvalue weighted by Crippen LogP contribution is 2.28. The Morgan fingerprint density at radius 2 is 1.56 bits per heavy atom. The van der Waals surface area contributed by atoms with Crippen molar-refractivity contribution in [1.82, 2.24) is 4.98 Å². The molecule has 0 aliphatic carbocycles. The number of hydrogen-bond acceptors (Lipinski definition) is 2. The molecule has 1 aromatic heterocycles. The van der Waals surface area contributed by atoms with Crippen LogP contribution in [0.2, 0.25) is 0 Å². The van der Waals surface area contributed by atoms with E-state index in [-0.39, 0.29) is 24.8 Å². The van der Waals surface area contributed by atoms with E-state index < -0.39 is 0 Å². The lowest BCUT2D eigenvalue weighted by Gasteiger charge is -1.99. The van der Waals surface area contributed by atoms with Gasteiger partial charge in [0.25, 0.3) is 0 Å². The third-order valence-corrected chi connectivity index (χ3v) is 2.91. The van der Waals surface area contributed by atoms with Crippen molar-refractivity contribution in [2.45, 2.75) is 0 Å². The van der Waals surface area contributed by atoms with Crippen LogP contribution in [0.5, 0.6) is 0 Å². The van der Waals surface area contributed by atoms with Gasteiger partial charge in [0.2, 0.25) is 0 Å². The molecule has 96 valence electrons. The Kier molecular flexibility index (Phi) is 4.33. The van der Waals surface area contributed by atoms with E-state index >= 15 is 0 Å². The molecule has 0 radical (unpaired) electrons. The number of hydrogen-bond donors (Lipinski definition) is 3. The molecular weight excluding hydrogens is 269 g/mol. The molecule has 0 spiro atoms. The van der Waals surface area contributed by atoms with Crippen LogP contribution in [0.3, 0.4) is 0 Å². The maximum Gasteiger partial charge on any atom is 0.0466 e. The highest BCUT2D eigenvalue weighted by Gasteiger charge is 2.04. The maximum atomic E-state index is 5.82. The van der Waals surface area contributed by atoms with Gasteiger partial charge in [-0.25, -0.2) is 0 Å². The average Bonchev–Trinajstić information content (AvgIpc) is 2.66. The van der Waals surface area contributed by atoms with Crippen molar-refractivity contribution < 1.29 is 0 Å². The molecule has 1 heterocycles. The van der Waals surface area contributed by atoms with Gasteiger partial charge in [0.05, 0.1) is 0 Å². The molecule has 0 bridgehead atoms. The smallest absolute Gasteiger partial charge is 0.0466 e. The molecule has 0 fully saturated rings. The second kappa shape index (κ2) is 5.38. The van der Waals surface area contributed by atoms with E-state index in [4.69, 9.17) is 5.73 Å². The quantitative estimate of drug-likeness (QED) is 0.595. The SMILES string of the molecule is CNc1ccc2[nH]c3ccc(N)cc3c2c1.Cl.Cl. The third-order valence-electron chi connectivity index (χ3n) is 2.91. The number of nitrogen functional groups attached to an aromatic ring is 1. The molecule has 0 aliphatic rings. The number of aromatic nitrogens is 1. The molecule has 0 amide bonds. The predicted molar refractivity (Wildman–Crippen MR) is 84.3 cm³/mol. The van der Waals surface area contributed by atoms with Gasteiger partial charge >= 0.3 is 0 Å². The van der Waals surface area contributed by atoms with Crippen LogP contribution in [0.4, 0.5) is 11.4 Å². The van der Waals surface area contributed by atoms with Crippen LogP contribution >= 0.6 is 24.8 Å². The zero-order valence-electron chi connectivity index (χ0n) is 9.86. The van der Waals surface area contributed by atoms with Gasteiger partial charge in [0.1, 0.15) is 0 Å². The Hall–Kier alpha value is -1.58. The van der Waals surface area contributed by atoms with Crippen molar-refractivity contribution in [2.24, 2.45) is 0 Å². The van der Waals surface area contributed by atoms with Crippen LogP contribution in [0, 0.1) is 0 Å². The van der Waals surface area contributed by atoms with Gasteiger partial charge in [-0.3, -0.25) is 0 Å². The average molecular weight is 284 g/mol. The van der Waals surface area contributed by atoms with Gasteiger partial charge in [-0.1, -0.05) is 0 Å². The van der Waals surface area contributed by atoms with Crippen molar-refractivity contribution in [1.29, 1.82) is 0 Å². The number of rotatable bonds is 1. The van der Waals surface area contributed by atoms with E-state index in [2.05, 4.69) is 28.5 Å². The first kappa shape index (κ1) is 14.5. The Morgan fingerprint density at radius 1 is 0.944 bits per heavy atom. The summed E-state index contributed by atoms with van der Waals surface area (Å²) < 4.78 is 0. The first-order valence-corrected chi connectivity index (χ1v) is 5.26. The molecule has 4 N–H and O–H groups in total. The molecular formula is C13H15Cl2N3. The summed E-state index contributed by atoms with van der Waals surface area (Å²) in [4.78, 5) is 3.37. The minimum atomic E-state index is 0. The van der Waals surface area contributed by atoms with Crippen molar-refractivity contribution in [3.8, 4) is 0 Å². The minimum absolute atomic E-state index is 0. The predicted octanol–water partition coefficient (Wildman–Crippen LogP) is 3.79. The summed E-state index contributed by atoms with van der Waals surface area (Å²) in [5.74, 6) is 0. The number of halogens is 2. The maximum absolute atomic E-state index is 5.82. The molecule has 5 heteroatoms. The number of H-pyrrole nitrogens is 1. The van der Waals surface area contributed by atoms with Crippen LogP contribution < -0.4 is 11.1 Å². The molecule has 18 heavy (non-hydrogen) atoms. The van der Waals surface area contributed by atoms with Crippen molar-refractivity contribution in [3.63, 3.8) is 0 Å². The topological polar surface area (TPSA) is 53.8 Å². The second-order valence-electron chi connectivity index (χ2n) is 3.94. The Bertz CT molecular complexity index is 676. The summed E-state index contributed by atoms with van der Waals surface area (Å²) in [7, 11) is 1.92. The van der Waals surface area contributed by atoms with Gasteiger partial charge in [-0.15, -0.1) is 24.8 Å². The number of anilines is 2. The number of aromatic amines is 1. The molecule has 0 aliphatic heterocycles. The number of fused-ring (bicyclic) bond motifs is 3. The van der Waals surface area contributed by atoms with E-state index in [0.29, 0.717) is 0 Å². The summed E-state index contributed by atoms with van der Waals surface area (Å²) in [6, 6.07) is 12.2. The Balaban J connectivity index is 0.000000810. The fraction of sp³-hybridized carbons (Fsp3) is 0.0769.